The molecule has 1 aromatic heterocycles. The summed E-state index contributed by atoms with van der Waals surface area (Å²) in [6.07, 6.45) is 2.95. The highest BCUT2D eigenvalue weighted by Gasteiger charge is 2.23. The van der Waals surface area contributed by atoms with Gasteiger partial charge in [0, 0.05) is 24.0 Å². The van der Waals surface area contributed by atoms with E-state index >= 15 is 0 Å². The Morgan fingerprint density at radius 3 is 2.67 bits per heavy atom. The second-order valence-electron chi connectivity index (χ2n) is 3.80. The van der Waals surface area contributed by atoms with Crippen LogP contribution in [0.1, 0.15) is 21.5 Å². The largest absolute Gasteiger partial charge is 0.288 e. The summed E-state index contributed by atoms with van der Waals surface area (Å²) in [7, 11) is 0. The van der Waals surface area contributed by atoms with Gasteiger partial charge in [-0.2, -0.15) is 0 Å². The topological polar surface area (TPSA) is 73.1 Å². The van der Waals surface area contributed by atoms with Gasteiger partial charge in [0.2, 0.25) is 5.78 Å². The molecule has 18 heavy (non-hydrogen) atoms. The SMILES string of the molecule is Cc1cccc([N+](=O)[O-])c1C(=O)c1cccnc1. The molecular formula is C13H10N2O3. The van der Waals surface area contributed by atoms with Crippen LogP contribution in [0.5, 0.6) is 0 Å². The molecule has 90 valence electrons. The van der Waals surface area contributed by atoms with Crippen molar-refractivity contribution in [3.63, 3.8) is 0 Å². The third-order valence-corrected chi connectivity index (χ3v) is 2.60. The van der Waals surface area contributed by atoms with Crippen LogP contribution in [0.4, 0.5) is 5.69 Å². The van der Waals surface area contributed by atoms with Gasteiger partial charge in [-0.05, 0) is 24.6 Å². The fraction of sp³-hybridized carbons (Fsp3) is 0.0769. The molecule has 0 atom stereocenters. The van der Waals surface area contributed by atoms with Crippen molar-refractivity contribution >= 4 is 11.5 Å². The van der Waals surface area contributed by atoms with Gasteiger partial charge in [-0.1, -0.05) is 12.1 Å². The Hall–Kier alpha value is -2.56. The molecule has 0 N–H and O–H groups in total. The molecule has 2 rings (SSSR count). The van der Waals surface area contributed by atoms with Crippen LogP contribution < -0.4 is 0 Å². The number of carbonyl (C=O) groups is 1. The zero-order valence-corrected chi connectivity index (χ0v) is 9.66. The van der Waals surface area contributed by atoms with Crippen LogP contribution in [0.15, 0.2) is 42.7 Å². The van der Waals surface area contributed by atoms with Gasteiger partial charge in [-0.3, -0.25) is 19.9 Å². The monoisotopic (exact) mass is 242 g/mol. The molecule has 0 amide bonds. The van der Waals surface area contributed by atoms with Crippen molar-refractivity contribution < 1.29 is 9.72 Å². The highest BCUT2D eigenvalue weighted by Crippen LogP contribution is 2.24. The zero-order valence-electron chi connectivity index (χ0n) is 9.66. The number of nitrogens with zero attached hydrogens (tertiary/aromatic N) is 2. The van der Waals surface area contributed by atoms with Crippen molar-refractivity contribution in [2.75, 3.05) is 0 Å². The maximum absolute atomic E-state index is 12.2. The van der Waals surface area contributed by atoms with Crippen molar-refractivity contribution in [2.45, 2.75) is 6.92 Å². The van der Waals surface area contributed by atoms with Crippen LogP contribution in [0.3, 0.4) is 0 Å². The molecule has 1 aromatic carbocycles. The molecule has 0 aliphatic carbocycles. The van der Waals surface area contributed by atoms with Crippen LogP contribution in [-0.2, 0) is 0 Å². The summed E-state index contributed by atoms with van der Waals surface area (Å²) in [5.41, 5.74) is 0.868. The predicted molar refractivity (Wildman–Crippen MR) is 65.5 cm³/mol. The number of ketones is 1. The Kier molecular flexibility index (Phi) is 3.14. The van der Waals surface area contributed by atoms with Crippen LogP contribution >= 0.6 is 0 Å². The molecule has 5 nitrogen and oxygen atoms in total. The van der Waals surface area contributed by atoms with Gasteiger partial charge < -0.3 is 0 Å². The summed E-state index contributed by atoms with van der Waals surface area (Å²) in [5, 5.41) is 10.9. The van der Waals surface area contributed by atoms with Gasteiger partial charge in [0.05, 0.1) is 4.92 Å². The Morgan fingerprint density at radius 2 is 2.06 bits per heavy atom. The standard InChI is InChI=1S/C13H10N2O3/c1-9-4-2-6-11(15(17)18)12(9)13(16)10-5-3-7-14-8-10/h2-8H,1H3. The summed E-state index contributed by atoms with van der Waals surface area (Å²) >= 11 is 0. The van der Waals surface area contributed by atoms with Gasteiger partial charge in [0.25, 0.3) is 5.69 Å². The molecule has 0 saturated carbocycles. The third-order valence-electron chi connectivity index (χ3n) is 2.60. The maximum atomic E-state index is 12.2. The average Bonchev–Trinajstić information content (AvgIpc) is 2.38. The number of rotatable bonds is 3. The van der Waals surface area contributed by atoms with E-state index in [2.05, 4.69) is 4.98 Å². The Labute approximate surface area is 103 Å². The molecule has 0 fully saturated rings. The lowest BCUT2D eigenvalue weighted by molar-refractivity contribution is -0.385. The first-order valence-corrected chi connectivity index (χ1v) is 5.30. The summed E-state index contributed by atoms with van der Waals surface area (Å²) in [5.74, 6) is -0.382. The van der Waals surface area contributed by atoms with Gasteiger partial charge in [-0.25, -0.2) is 0 Å². The number of benzene rings is 1. The van der Waals surface area contributed by atoms with Crippen molar-refractivity contribution in [3.8, 4) is 0 Å². The van der Waals surface area contributed by atoms with E-state index in [1.54, 1.807) is 37.4 Å². The lowest BCUT2D eigenvalue weighted by Crippen LogP contribution is -2.07. The van der Waals surface area contributed by atoms with Gasteiger partial charge in [0.15, 0.2) is 0 Å². The van der Waals surface area contributed by atoms with Crippen LogP contribution in [-0.4, -0.2) is 15.7 Å². The van der Waals surface area contributed by atoms with E-state index in [0.29, 0.717) is 11.1 Å². The van der Waals surface area contributed by atoms with Gasteiger partial charge in [0.1, 0.15) is 5.56 Å². The van der Waals surface area contributed by atoms with E-state index in [-0.39, 0.29) is 17.0 Å². The quantitative estimate of drug-likeness (QED) is 0.471. The average molecular weight is 242 g/mol. The highest BCUT2D eigenvalue weighted by molar-refractivity contribution is 6.12. The number of hydrogen-bond acceptors (Lipinski definition) is 4. The molecule has 1 heterocycles. The van der Waals surface area contributed by atoms with E-state index in [1.165, 1.54) is 12.3 Å². The van der Waals surface area contributed by atoms with Gasteiger partial charge >= 0.3 is 0 Å². The second-order valence-corrected chi connectivity index (χ2v) is 3.80. The van der Waals surface area contributed by atoms with E-state index in [4.69, 9.17) is 0 Å². The Balaban J connectivity index is 2.58. The fourth-order valence-corrected chi connectivity index (χ4v) is 1.74. The van der Waals surface area contributed by atoms with Crippen LogP contribution in [0.2, 0.25) is 0 Å². The molecule has 5 heteroatoms. The third kappa shape index (κ3) is 2.10. The maximum Gasteiger partial charge on any atom is 0.280 e. The van der Waals surface area contributed by atoms with Crippen LogP contribution in [0, 0.1) is 17.0 Å². The lowest BCUT2D eigenvalue weighted by Gasteiger charge is -2.05. The van der Waals surface area contributed by atoms with E-state index in [0.717, 1.165) is 0 Å². The number of nitro benzene ring substituents is 1. The first kappa shape index (κ1) is 11.9. The number of aromatic nitrogens is 1. The Morgan fingerprint density at radius 1 is 1.28 bits per heavy atom. The molecule has 0 unspecified atom stereocenters. The molecular weight excluding hydrogens is 232 g/mol. The van der Waals surface area contributed by atoms with Crippen molar-refractivity contribution in [3.05, 3.63) is 69.5 Å². The second kappa shape index (κ2) is 4.75. The van der Waals surface area contributed by atoms with E-state index in [1.807, 2.05) is 0 Å². The predicted octanol–water partition coefficient (Wildman–Crippen LogP) is 2.53. The van der Waals surface area contributed by atoms with Crippen LogP contribution in [0.25, 0.3) is 0 Å². The highest BCUT2D eigenvalue weighted by atomic mass is 16.6. The minimum absolute atomic E-state index is 0.121. The minimum Gasteiger partial charge on any atom is -0.288 e. The molecule has 0 radical (unpaired) electrons. The normalized spacial score (nSPS) is 10.1. The summed E-state index contributed by atoms with van der Waals surface area (Å²) in [6, 6.07) is 7.78. The fourth-order valence-electron chi connectivity index (χ4n) is 1.74. The number of hydrogen-bond donors (Lipinski definition) is 0. The summed E-state index contributed by atoms with van der Waals surface area (Å²) in [4.78, 5) is 26.5. The molecule has 0 aliphatic heterocycles. The number of nitro groups is 1. The number of pyridine rings is 1. The molecule has 0 aliphatic rings. The first-order valence-electron chi connectivity index (χ1n) is 5.30. The van der Waals surface area contributed by atoms with Crippen molar-refractivity contribution in [1.29, 1.82) is 0 Å². The molecule has 0 bridgehead atoms. The Bertz CT molecular complexity index is 609. The molecule has 0 spiro atoms. The summed E-state index contributed by atoms with van der Waals surface area (Å²) in [6.45, 7) is 1.68. The minimum atomic E-state index is -0.545. The number of aryl methyl sites for hydroxylation is 1. The lowest BCUT2D eigenvalue weighted by atomic mass is 9.98. The van der Waals surface area contributed by atoms with Crippen molar-refractivity contribution in [1.82, 2.24) is 4.98 Å². The summed E-state index contributed by atoms with van der Waals surface area (Å²) < 4.78 is 0. The van der Waals surface area contributed by atoms with E-state index in [9.17, 15) is 14.9 Å². The number of carbonyl (C=O) groups excluding carboxylic acids is 1. The van der Waals surface area contributed by atoms with E-state index < -0.39 is 4.92 Å². The van der Waals surface area contributed by atoms with Crippen molar-refractivity contribution in [2.24, 2.45) is 0 Å². The first-order chi connectivity index (χ1) is 8.61. The molecule has 0 saturated heterocycles. The zero-order chi connectivity index (χ0) is 13.1. The molecule has 2 aromatic rings. The van der Waals surface area contributed by atoms with Gasteiger partial charge in [-0.15, -0.1) is 0 Å². The smallest absolute Gasteiger partial charge is 0.280 e.